The van der Waals surface area contributed by atoms with E-state index in [2.05, 4.69) is 10.6 Å². The van der Waals surface area contributed by atoms with E-state index in [1.165, 1.54) is 31.4 Å². The van der Waals surface area contributed by atoms with Crippen LogP contribution in [-0.2, 0) is 4.74 Å². The van der Waals surface area contributed by atoms with Crippen molar-refractivity contribution in [2.75, 3.05) is 13.2 Å². The minimum atomic E-state index is -0.781. The van der Waals surface area contributed by atoms with E-state index >= 15 is 0 Å². The summed E-state index contributed by atoms with van der Waals surface area (Å²) in [5.74, 6) is -0.456. The van der Waals surface area contributed by atoms with Gasteiger partial charge in [0, 0.05) is 18.6 Å². The molecule has 160 valence electrons. The zero-order valence-electron chi connectivity index (χ0n) is 16.4. The number of phenolic OH excluding ortho intramolecular Hbond substituents is 2. The van der Waals surface area contributed by atoms with Crippen LogP contribution >= 0.6 is 12.4 Å². The highest BCUT2D eigenvalue weighted by molar-refractivity contribution is 5.85. The van der Waals surface area contributed by atoms with Crippen LogP contribution in [0.1, 0.15) is 63.5 Å². The summed E-state index contributed by atoms with van der Waals surface area (Å²) in [6, 6.07) is 4.69. The van der Waals surface area contributed by atoms with Gasteiger partial charge in [0.25, 0.3) is 0 Å². The summed E-state index contributed by atoms with van der Waals surface area (Å²) >= 11 is 0. The van der Waals surface area contributed by atoms with Gasteiger partial charge in [-0.1, -0.05) is 25.3 Å². The molecule has 7 nitrogen and oxygen atoms in total. The number of hydrogen-bond donors (Lipinski definition) is 5. The van der Waals surface area contributed by atoms with Gasteiger partial charge in [0.1, 0.15) is 0 Å². The number of hydrogen-bond acceptors (Lipinski definition) is 6. The SMILES string of the molecule is CC(CCCOC(=O)NC1CCCCC1)NCC(O)c1ccc(O)c(O)c1.Cl. The number of amides is 1. The van der Waals surface area contributed by atoms with Gasteiger partial charge in [-0.3, -0.25) is 0 Å². The second kappa shape index (κ2) is 12.7. The quantitative estimate of drug-likeness (QED) is 0.312. The molecule has 0 aliphatic heterocycles. The number of aliphatic hydroxyl groups is 1. The molecule has 1 amide bonds. The predicted molar refractivity (Wildman–Crippen MR) is 110 cm³/mol. The third-order valence-electron chi connectivity index (χ3n) is 4.99. The summed E-state index contributed by atoms with van der Waals surface area (Å²) in [5.41, 5.74) is 0.535. The molecular formula is C20H33ClN2O5. The largest absolute Gasteiger partial charge is 0.504 e. The number of carbonyl (C=O) groups excluding carboxylic acids is 1. The van der Waals surface area contributed by atoms with Gasteiger partial charge < -0.3 is 30.7 Å². The molecule has 0 bridgehead atoms. The molecular weight excluding hydrogens is 384 g/mol. The van der Waals surface area contributed by atoms with Crippen molar-refractivity contribution in [3.63, 3.8) is 0 Å². The molecule has 1 saturated carbocycles. The van der Waals surface area contributed by atoms with Gasteiger partial charge in [-0.2, -0.15) is 0 Å². The molecule has 2 unspecified atom stereocenters. The van der Waals surface area contributed by atoms with Crippen molar-refractivity contribution in [1.82, 2.24) is 10.6 Å². The van der Waals surface area contributed by atoms with Crippen LogP contribution in [0.25, 0.3) is 0 Å². The number of aliphatic hydroxyl groups excluding tert-OH is 1. The van der Waals surface area contributed by atoms with Crippen molar-refractivity contribution < 1.29 is 24.9 Å². The van der Waals surface area contributed by atoms with Gasteiger partial charge in [0.05, 0.1) is 12.7 Å². The Kier molecular flexibility index (Phi) is 11.0. The van der Waals surface area contributed by atoms with Crippen LogP contribution in [0.2, 0.25) is 0 Å². The fourth-order valence-electron chi connectivity index (χ4n) is 3.29. The smallest absolute Gasteiger partial charge is 0.407 e. The van der Waals surface area contributed by atoms with Crippen LogP contribution in [-0.4, -0.2) is 46.6 Å². The highest BCUT2D eigenvalue weighted by atomic mass is 35.5. The van der Waals surface area contributed by atoms with Crippen LogP contribution < -0.4 is 10.6 Å². The van der Waals surface area contributed by atoms with Crippen LogP contribution in [0, 0.1) is 0 Å². The van der Waals surface area contributed by atoms with Crippen molar-refractivity contribution in [2.24, 2.45) is 0 Å². The van der Waals surface area contributed by atoms with Gasteiger partial charge in [0.2, 0.25) is 0 Å². The maximum Gasteiger partial charge on any atom is 0.407 e. The molecule has 0 aromatic heterocycles. The summed E-state index contributed by atoms with van der Waals surface area (Å²) in [6.07, 6.45) is 6.11. The van der Waals surface area contributed by atoms with Crippen LogP contribution in [0.5, 0.6) is 11.5 Å². The third-order valence-corrected chi connectivity index (χ3v) is 4.99. The Hall–Kier alpha value is -1.70. The normalized spacial score (nSPS) is 16.6. The van der Waals surface area contributed by atoms with Gasteiger partial charge in [-0.25, -0.2) is 4.79 Å². The third kappa shape index (κ3) is 8.54. The average molecular weight is 417 g/mol. The molecule has 1 aromatic carbocycles. The molecule has 1 aromatic rings. The van der Waals surface area contributed by atoms with Crippen molar-refractivity contribution in [2.45, 2.75) is 70.1 Å². The average Bonchev–Trinajstić information content (AvgIpc) is 2.66. The summed E-state index contributed by atoms with van der Waals surface area (Å²) in [6.45, 7) is 2.70. The number of benzene rings is 1. The van der Waals surface area contributed by atoms with E-state index in [9.17, 15) is 20.1 Å². The van der Waals surface area contributed by atoms with Crippen molar-refractivity contribution in [3.05, 3.63) is 23.8 Å². The number of carbonyl (C=O) groups is 1. The van der Waals surface area contributed by atoms with Gasteiger partial charge in [0.15, 0.2) is 11.5 Å². The summed E-state index contributed by atoms with van der Waals surface area (Å²) in [5, 5.41) is 35.1. The highest BCUT2D eigenvalue weighted by Gasteiger charge is 2.16. The summed E-state index contributed by atoms with van der Waals surface area (Å²) in [7, 11) is 0. The topological polar surface area (TPSA) is 111 Å². The van der Waals surface area contributed by atoms with Crippen LogP contribution in [0.15, 0.2) is 18.2 Å². The minimum Gasteiger partial charge on any atom is -0.504 e. The number of nitrogens with one attached hydrogen (secondary N) is 2. The minimum absolute atomic E-state index is 0. The first-order valence-corrected chi connectivity index (χ1v) is 9.82. The van der Waals surface area contributed by atoms with E-state index in [4.69, 9.17) is 4.74 Å². The lowest BCUT2D eigenvalue weighted by Crippen LogP contribution is -2.36. The molecule has 1 aliphatic rings. The molecule has 28 heavy (non-hydrogen) atoms. The Bertz CT molecular complexity index is 596. The lowest BCUT2D eigenvalue weighted by Gasteiger charge is -2.22. The molecule has 0 saturated heterocycles. The maximum atomic E-state index is 11.8. The van der Waals surface area contributed by atoms with E-state index < -0.39 is 6.10 Å². The van der Waals surface area contributed by atoms with Crippen LogP contribution in [0.3, 0.4) is 0 Å². The number of rotatable bonds is 9. The Labute approximate surface area is 172 Å². The van der Waals surface area contributed by atoms with E-state index in [1.54, 1.807) is 6.07 Å². The number of ether oxygens (including phenoxy) is 1. The Morgan fingerprint density at radius 2 is 1.93 bits per heavy atom. The summed E-state index contributed by atoms with van der Waals surface area (Å²) in [4.78, 5) is 11.8. The Morgan fingerprint density at radius 3 is 2.61 bits per heavy atom. The zero-order chi connectivity index (χ0) is 19.6. The second-order valence-corrected chi connectivity index (χ2v) is 7.33. The first kappa shape index (κ1) is 24.3. The molecule has 2 atom stereocenters. The molecule has 1 aliphatic carbocycles. The molecule has 0 radical (unpaired) electrons. The highest BCUT2D eigenvalue weighted by Crippen LogP contribution is 2.27. The fraction of sp³-hybridized carbons (Fsp3) is 0.650. The number of alkyl carbamates (subject to hydrolysis) is 1. The van der Waals surface area contributed by atoms with Crippen LogP contribution in [0.4, 0.5) is 4.79 Å². The molecule has 2 rings (SSSR count). The molecule has 1 fully saturated rings. The lowest BCUT2D eigenvalue weighted by atomic mass is 9.96. The van der Waals surface area contributed by atoms with Crippen molar-refractivity contribution in [1.29, 1.82) is 0 Å². The Morgan fingerprint density at radius 1 is 1.21 bits per heavy atom. The van der Waals surface area contributed by atoms with Crippen molar-refractivity contribution >= 4 is 18.5 Å². The standard InChI is InChI=1S/C20H32N2O5.ClH/c1-14(21-13-19(25)15-9-10-17(23)18(24)12-15)6-5-11-27-20(26)22-16-7-3-2-4-8-16;/h9-10,12,14,16,19,21,23-25H,2-8,11,13H2,1H3,(H,22,26);1H. The number of aromatic hydroxyl groups is 2. The zero-order valence-corrected chi connectivity index (χ0v) is 17.2. The van der Waals surface area contributed by atoms with E-state index in [0.717, 1.165) is 25.7 Å². The lowest BCUT2D eigenvalue weighted by molar-refractivity contribution is 0.135. The van der Waals surface area contributed by atoms with Gasteiger partial charge >= 0.3 is 6.09 Å². The molecule has 0 spiro atoms. The summed E-state index contributed by atoms with van der Waals surface area (Å²) < 4.78 is 5.24. The number of phenols is 2. The predicted octanol–water partition coefficient (Wildman–Crippen LogP) is 3.37. The van der Waals surface area contributed by atoms with Crippen molar-refractivity contribution in [3.8, 4) is 11.5 Å². The van der Waals surface area contributed by atoms with E-state index in [1.807, 2.05) is 6.92 Å². The fourth-order valence-corrected chi connectivity index (χ4v) is 3.29. The van der Waals surface area contributed by atoms with E-state index in [0.29, 0.717) is 18.7 Å². The first-order valence-electron chi connectivity index (χ1n) is 9.82. The first-order chi connectivity index (χ1) is 13.0. The molecule has 8 heteroatoms. The number of halogens is 1. The molecule has 5 N–H and O–H groups in total. The van der Waals surface area contributed by atoms with E-state index in [-0.39, 0.29) is 42.1 Å². The van der Waals surface area contributed by atoms with Gasteiger partial charge in [-0.15, -0.1) is 12.4 Å². The Balaban J connectivity index is 0.00000392. The van der Waals surface area contributed by atoms with Gasteiger partial charge in [-0.05, 0) is 50.3 Å². The molecule has 0 heterocycles. The second-order valence-electron chi connectivity index (χ2n) is 7.33. The maximum absolute atomic E-state index is 11.8. The monoisotopic (exact) mass is 416 g/mol.